The van der Waals surface area contributed by atoms with E-state index in [2.05, 4.69) is 4.90 Å². The van der Waals surface area contributed by atoms with E-state index in [1.807, 2.05) is 30.0 Å². The van der Waals surface area contributed by atoms with Gasteiger partial charge in [-0.15, -0.1) is 0 Å². The normalized spacial score (nSPS) is 23.7. The third kappa shape index (κ3) is 8.76. The molecule has 1 aromatic carbocycles. The fourth-order valence-corrected chi connectivity index (χ4v) is 6.25. The minimum Gasteiger partial charge on any atom is -0.465 e. The van der Waals surface area contributed by atoms with Crippen molar-refractivity contribution in [2.45, 2.75) is 63.7 Å². The van der Waals surface area contributed by atoms with Gasteiger partial charge in [0, 0.05) is 44.2 Å². The molecule has 0 unspecified atom stereocenters. The average Bonchev–Trinajstić information content (AvgIpc) is 3.04. The van der Waals surface area contributed by atoms with Crippen molar-refractivity contribution < 1.29 is 38.4 Å². The first-order chi connectivity index (χ1) is 20.5. The number of methoxy groups -OCH3 is 1. The van der Waals surface area contributed by atoms with Crippen LogP contribution in [0, 0.1) is 5.92 Å². The molecule has 10 nitrogen and oxygen atoms in total. The fourth-order valence-electron chi connectivity index (χ4n) is 6.25. The van der Waals surface area contributed by atoms with Gasteiger partial charge in [0.1, 0.15) is 0 Å². The molecule has 4 rings (SSSR count). The number of carbonyl (C=O) groups is 2. The summed E-state index contributed by atoms with van der Waals surface area (Å²) in [6.45, 7) is 7.67. The molecule has 42 heavy (non-hydrogen) atoms. The summed E-state index contributed by atoms with van der Waals surface area (Å²) >= 11 is 0. The molecule has 1 amide bonds. The number of amides is 1. The number of ether oxygens (including phenoxy) is 5. The van der Waals surface area contributed by atoms with Crippen LogP contribution >= 0.6 is 0 Å². The zero-order valence-electron chi connectivity index (χ0n) is 25.2. The van der Waals surface area contributed by atoms with Crippen molar-refractivity contribution in [2.75, 3.05) is 72.9 Å². The number of hydrogen-bond acceptors (Lipinski definition) is 9. The number of likely N-dealkylation sites (tertiary alicyclic amines) is 2. The number of aliphatic hydroxyl groups is 1. The monoisotopic (exact) mass is 588 g/mol. The Morgan fingerprint density at radius 3 is 2.29 bits per heavy atom. The predicted octanol–water partition coefficient (Wildman–Crippen LogP) is 3.34. The van der Waals surface area contributed by atoms with Crippen molar-refractivity contribution in [3.8, 4) is 0 Å². The lowest BCUT2D eigenvalue weighted by Gasteiger charge is -2.41. The molecule has 3 aliphatic heterocycles. The van der Waals surface area contributed by atoms with Crippen molar-refractivity contribution in [3.05, 3.63) is 47.2 Å². The van der Waals surface area contributed by atoms with Crippen LogP contribution in [0.15, 0.2) is 36.1 Å². The quantitative estimate of drug-likeness (QED) is 0.259. The zero-order valence-corrected chi connectivity index (χ0v) is 25.2. The molecule has 3 atom stereocenters. The molecule has 0 bridgehead atoms. The van der Waals surface area contributed by atoms with Crippen LogP contribution in [0.4, 0.5) is 0 Å². The summed E-state index contributed by atoms with van der Waals surface area (Å²) in [5.41, 5.74) is 1.43. The Hall–Kier alpha value is -2.50. The van der Waals surface area contributed by atoms with Crippen LogP contribution in [-0.2, 0) is 28.5 Å². The first-order valence-electron chi connectivity index (χ1n) is 15.5. The molecule has 2 fully saturated rings. The molecule has 0 saturated carbocycles. The van der Waals surface area contributed by atoms with E-state index < -0.39 is 12.3 Å². The zero-order chi connectivity index (χ0) is 29.7. The number of benzene rings is 1. The van der Waals surface area contributed by atoms with Crippen LogP contribution < -0.4 is 0 Å². The molecule has 0 aromatic heterocycles. The first-order valence-corrected chi connectivity index (χ1v) is 15.5. The highest BCUT2D eigenvalue weighted by atomic mass is 16.7. The predicted molar refractivity (Wildman–Crippen MR) is 157 cm³/mol. The van der Waals surface area contributed by atoms with Crippen molar-refractivity contribution >= 4 is 11.9 Å². The van der Waals surface area contributed by atoms with Gasteiger partial charge in [0.2, 0.25) is 6.29 Å². The van der Waals surface area contributed by atoms with Crippen LogP contribution in [0.3, 0.4) is 0 Å². The second kappa shape index (κ2) is 17.0. The Bertz CT molecular complexity index is 1000. The van der Waals surface area contributed by atoms with Gasteiger partial charge in [0.25, 0.3) is 5.91 Å². The minimum absolute atomic E-state index is 0.0181. The van der Waals surface area contributed by atoms with E-state index in [0.29, 0.717) is 63.3 Å². The molecule has 10 heteroatoms. The average molecular weight is 589 g/mol. The number of piperidine rings is 2. The minimum atomic E-state index is -0.621. The van der Waals surface area contributed by atoms with E-state index in [1.165, 1.54) is 39.5 Å². The maximum absolute atomic E-state index is 13.8. The van der Waals surface area contributed by atoms with Gasteiger partial charge in [-0.1, -0.05) is 18.6 Å². The lowest BCUT2D eigenvalue weighted by atomic mass is 9.81. The molecule has 234 valence electrons. The van der Waals surface area contributed by atoms with Crippen LogP contribution in [0.25, 0.3) is 0 Å². The van der Waals surface area contributed by atoms with Gasteiger partial charge in [-0.3, -0.25) is 4.79 Å². The summed E-state index contributed by atoms with van der Waals surface area (Å²) in [6.07, 6.45) is 7.75. The molecule has 3 aliphatic rings. The lowest BCUT2D eigenvalue weighted by Crippen LogP contribution is -2.49. The highest BCUT2D eigenvalue weighted by Gasteiger charge is 2.40. The standard InChI is InChI=1S/C32H48N2O8/c1-3-41-32-27(13-19-39-21-22-40-20-18-35)28(24-7-9-25(10-8-24)31(37)38-2)23-29(42-32)30(36)34-16-11-26(12-17-34)33-14-5-4-6-15-33/h7-10,23,26-28,32,35H,3-6,11-22H2,1-2H3/t27-,28+,32+/m0/s1. The van der Waals surface area contributed by atoms with Gasteiger partial charge in [-0.05, 0) is 75.9 Å². The second-order valence-corrected chi connectivity index (χ2v) is 11.1. The van der Waals surface area contributed by atoms with E-state index >= 15 is 0 Å². The molecule has 0 radical (unpaired) electrons. The number of aliphatic hydroxyl groups excluding tert-OH is 1. The Morgan fingerprint density at radius 2 is 1.64 bits per heavy atom. The molecular weight excluding hydrogens is 540 g/mol. The van der Waals surface area contributed by atoms with E-state index in [1.54, 1.807) is 12.1 Å². The lowest BCUT2D eigenvalue weighted by molar-refractivity contribution is -0.172. The number of rotatable bonds is 14. The summed E-state index contributed by atoms with van der Waals surface area (Å²) in [5, 5.41) is 8.87. The highest BCUT2D eigenvalue weighted by Crippen LogP contribution is 2.39. The summed E-state index contributed by atoms with van der Waals surface area (Å²) in [7, 11) is 1.36. The molecule has 2 saturated heterocycles. The highest BCUT2D eigenvalue weighted by molar-refractivity contribution is 5.92. The maximum Gasteiger partial charge on any atom is 0.337 e. The van der Waals surface area contributed by atoms with Crippen LogP contribution in [-0.4, -0.2) is 112 Å². The topological polar surface area (TPSA) is 107 Å². The first kappa shape index (κ1) is 32.4. The van der Waals surface area contributed by atoms with Crippen LogP contribution in [0.1, 0.15) is 67.3 Å². The Kier molecular flexibility index (Phi) is 13.1. The number of allylic oxidation sites excluding steroid dienone is 1. The number of esters is 1. The maximum atomic E-state index is 13.8. The number of nitrogens with zero attached hydrogens (tertiary/aromatic N) is 2. The SMILES string of the molecule is CCO[C@@H]1OC(C(=O)N2CCC(N3CCCCC3)CC2)=C[C@H](c2ccc(C(=O)OC)cc2)[C@@H]1CCOCCOCCO. The smallest absolute Gasteiger partial charge is 0.337 e. The summed E-state index contributed by atoms with van der Waals surface area (Å²) in [6, 6.07) is 7.86. The third-order valence-corrected chi connectivity index (χ3v) is 8.51. The van der Waals surface area contributed by atoms with Gasteiger partial charge < -0.3 is 38.6 Å². The summed E-state index contributed by atoms with van der Waals surface area (Å²) in [4.78, 5) is 30.3. The second-order valence-electron chi connectivity index (χ2n) is 11.1. The van der Waals surface area contributed by atoms with E-state index in [4.69, 9.17) is 28.8 Å². The van der Waals surface area contributed by atoms with Crippen LogP contribution in [0.2, 0.25) is 0 Å². The van der Waals surface area contributed by atoms with E-state index in [-0.39, 0.29) is 31.0 Å². The molecular formula is C32H48N2O8. The molecule has 0 aliphatic carbocycles. The van der Waals surface area contributed by atoms with Crippen LogP contribution in [0.5, 0.6) is 0 Å². The fraction of sp³-hybridized carbons (Fsp3) is 0.688. The van der Waals surface area contributed by atoms with Crippen molar-refractivity contribution in [1.82, 2.24) is 9.80 Å². The number of hydrogen-bond donors (Lipinski definition) is 1. The van der Waals surface area contributed by atoms with Gasteiger partial charge in [-0.25, -0.2) is 4.79 Å². The molecule has 3 heterocycles. The van der Waals surface area contributed by atoms with E-state index in [9.17, 15) is 9.59 Å². The van der Waals surface area contributed by atoms with E-state index in [0.717, 1.165) is 18.4 Å². The Balaban J connectivity index is 1.49. The van der Waals surface area contributed by atoms with Gasteiger partial charge >= 0.3 is 5.97 Å². The summed E-state index contributed by atoms with van der Waals surface area (Å²) < 4.78 is 28.3. The van der Waals surface area contributed by atoms with Gasteiger partial charge in [0.05, 0.1) is 39.1 Å². The largest absolute Gasteiger partial charge is 0.465 e. The van der Waals surface area contributed by atoms with Crippen molar-refractivity contribution in [3.63, 3.8) is 0 Å². The molecule has 1 aromatic rings. The van der Waals surface area contributed by atoms with Gasteiger partial charge in [0.15, 0.2) is 5.76 Å². The molecule has 1 N–H and O–H groups in total. The third-order valence-electron chi connectivity index (χ3n) is 8.51. The Labute approximate surface area is 249 Å². The summed E-state index contributed by atoms with van der Waals surface area (Å²) in [5.74, 6) is -0.464. The van der Waals surface area contributed by atoms with Gasteiger partial charge in [-0.2, -0.15) is 0 Å². The van der Waals surface area contributed by atoms with Crippen molar-refractivity contribution in [2.24, 2.45) is 5.92 Å². The van der Waals surface area contributed by atoms with Crippen molar-refractivity contribution in [1.29, 1.82) is 0 Å². The Morgan fingerprint density at radius 1 is 0.952 bits per heavy atom. The molecule has 0 spiro atoms. The number of carbonyl (C=O) groups excluding carboxylic acids is 2.